The van der Waals surface area contributed by atoms with Crippen LogP contribution in [0.1, 0.15) is 44.8 Å². The first-order valence-corrected chi connectivity index (χ1v) is 11.9. The summed E-state index contributed by atoms with van der Waals surface area (Å²) in [6, 6.07) is 14.7. The molecule has 1 atom stereocenters. The van der Waals surface area contributed by atoms with Crippen molar-refractivity contribution in [3.8, 4) is 0 Å². The van der Waals surface area contributed by atoms with Gasteiger partial charge in [-0.3, -0.25) is 9.59 Å². The zero-order valence-electron chi connectivity index (χ0n) is 19.7. The second-order valence-electron chi connectivity index (χ2n) is 9.29. The number of benzene rings is 2. The fourth-order valence-electron chi connectivity index (χ4n) is 3.69. The number of hydrogen-bond donors (Lipinski definition) is 4. The summed E-state index contributed by atoms with van der Waals surface area (Å²) in [5.41, 5.74) is 3.40. The third-order valence-electron chi connectivity index (χ3n) is 5.74. The average molecular weight is 497 g/mol. The normalized spacial score (nSPS) is 15.5. The summed E-state index contributed by atoms with van der Waals surface area (Å²) in [5.74, 6) is 1.18. The van der Waals surface area contributed by atoms with E-state index in [1.165, 1.54) is 0 Å². The van der Waals surface area contributed by atoms with Crippen molar-refractivity contribution in [1.29, 1.82) is 0 Å². The zero-order chi connectivity index (χ0) is 24.8. The maximum atomic E-state index is 12.4. The first-order valence-electron chi connectivity index (χ1n) is 11.5. The molecule has 0 bridgehead atoms. The van der Waals surface area contributed by atoms with E-state index in [1.807, 2.05) is 42.5 Å². The summed E-state index contributed by atoms with van der Waals surface area (Å²) in [6.07, 6.45) is 1.31. The third-order valence-corrected chi connectivity index (χ3v) is 5.99. The molecule has 10 heteroatoms. The van der Waals surface area contributed by atoms with Gasteiger partial charge in [0.05, 0.1) is 5.39 Å². The number of H-pyrrole nitrogens is 1. The first-order chi connectivity index (χ1) is 16.8. The number of halogens is 1. The molecule has 0 fully saturated rings. The van der Waals surface area contributed by atoms with Crippen molar-refractivity contribution in [2.24, 2.45) is 10.4 Å². The minimum Gasteiger partial charge on any atom is -0.391 e. The molecule has 0 saturated carbocycles. The highest BCUT2D eigenvalue weighted by molar-refractivity contribution is 6.30. The van der Waals surface area contributed by atoms with Gasteiger partial charge in [-0.2, -0.15) is 5.10 Å². The predicted molar refractivity (Wildman–Crippen MR) is 137 cm³/mol. The van der Waals surface area contributed by atoms with Gasteiger partial charge in [-0.25, -0.2) is 10.1 Å². The largest absolute Gasteiger partial charge is 0.391 e. The highest BCUT2D eigenvalue weighted by atomic mass is 35.5. The van der Waals surface area contributed by atoms with Gasteiger partial charge in [0.15, 0.2) is 12.0 Å². The predicted octanol–water partition coefficient (Wildman–Crippen LogP) is 3.93. The number of nitrogens with zero attached hydrogens (tertiary/aromatic N) is 2. The molecular weight excluding hydrogens is 468 g/mol. The van der Waals surface area contributed by atoms with Gasteiger partial charge in [0.2, 0.25) is 11.8 Å². The molecule has 1 aliphatic rings. The summed E-state index contributed by atoms with van der Waals surface area (Å²) in [6.45, 7) is 5.17. The molecule has 2 heterocycles. The van der Waals surface area contributed by atoms with Gasteiger partial charge in [-0.1, -0.05) is 55.8 Å². The van der Waals surface area contributed by atoms with Crippen LogP contribution in [-0.4, -0.2) is 35.1 Å². The minimum absolute atomic E-state index is 0.0218. The van der Waals surface area contributed by atoms with Gasteiger partial charge in [-0.05, 0) is 35.6 Å². The Bertz CT molecular complexity index is 1270. The molecule has 4 rings (SSSR count). The first kappa shape index (κ1) is 24.7. The van der Waals surface area contributed by atoms with E-state index in [-0.39, 0.29) is 23.0 Å². The number of amides is 1. The van der Waals surface area contributed by atoms with Gasteiger partial charge < -0.3 is 15.5 Å². The van der Waals surface area contributed by atoms with E-state index in [0.717, 1.165) is 10.9 Å². The number of rotatable bonds is 10. The number of nitrogens with one attached hydrogen (secondary N) is 4. The van der Waals surface area contributed by atoms with Gasteiger partial charge in [0.25, 0.3) is 5.56 Å². The number of anilines is 1. The molecule has 0 radical (unpaired) electrons. The second-order valence-corrected chi connectivity index (χ2v) is 9.73. The van der Waals surface area contributed by atoms with Crippen molar-refractivity contribution in [3.05, 3.63) is 69.5 Å². The van der Waals surface area contributed by atoms with Crippen LogP contribution in [0.25, 0.3) is 10.8 Å². The Kier molecular flexibility index (Phi) is 7.67. The molecule has 1 aliphatic heterocycles. The minimum atomic E-state index is -0.265. The molecule has 3 aromatic rings. The van der Waals surface area contributed by atoms with Crippen LogP contribution in [0.15, 0.2) is 58.3 Å². The average Bonchev–Trinajstić information content (AvgIpc) is 3.32. The smallest absolute Gasteiger partial charge is 0.272 e. The molecule has 0 saturated heterocycles. The number of aromatic nitrogens is 2. The standard InChI is InChI=1S/C25H29ClN6O3/c1-25(2,15-28-23-18-6-3-4-7-19(18)24(34)31-30-23)14-27-20(33)8-5-9-21-29-22(32-35-21)16-10-12-17(26)13-11-16/h3-4,6-7,10-13,22,32H,5,8-9,14-15H2,1-2H3,(H,27,33)(H,28,30)(H,31,34). The van der Waals surface area contributed by atoms with Crippen molar-refractivity contribution in [3.63, 3.8) is 0 Å². The maximum absolute atomic E-state index is 12.4. The molecule has 9 nitrogen and oxygen atoms in total. The fourth-order valence-corrected chi connectivity index (χ4v) is 3.81. The molecule has 1 unspecified atom stereocenters. The van der Waals surface area contributed by atoms with Crippen molar-refractivity contribution in [2.45, 2.75) is 39.3 Å². The maximum Gasteiger partial charge on any atom is 0.272 e. The SMILES string of the molecule is CC(C)(CNC(=O)CCCC1=NC(c2ccc(Cl)cc2)NO1)CNc1n[nH]c(=O)c2ccccc12. The molecule has 0 spiro atoms. The fraction of sp³-hybridized carbons (Fsp3) is 0.360. The lowest BCUT2D eigenvalue weighted by Crippen LogP contribution is -2.38. The van der Waals surface area contributed by atoms with Crippen LogP contribution in [0, 0.1) is 5.41 Å². The number of aliphatic imine (C=N–C) groups is 1. The van der Waals surface area contributed by atoms with E-state index in [0.29, 0.717) is 54.5 Å². The summed E-state index contributed by atoms with van der Waals surface area (Å²) in [4.78, 5) is 34.3. The highest BCUT2D eigenvalue weighted by Gasteiger charge is 2.22. The van der Waals surface area contributed by atoms with Crippen molar-refractivity contribution >= 4 is 40.0 Å². The summed E-state index contributed by atoms with van der Waals surface area (Å²) >= 11 is 5.93. The van der Waals surface area contributed by atoms with Crippen molar-refractivity contribution < 1.29 is 9.63 Å². The number of carbonyl (C=O) groups is 1. The van der Waals surface area contributed by atoms with Gasteiger partial charge >= 0.3 is 0 Å². The Morgan fingerprint density at radius 2 is 1.86 bits per heavy atom. The Labute approximate surface area is 208 Å². The van der Waals surface area contributed by atoms with E-state index >= 15 is 0 Å². The summed E-state index contributed by atoms with van der Waals surface area (Å²) in [5, 5.41) is 15.0. The molecule has 35 heavy (non-hydrogen) atoms. The lowest BCUT2D eigenvalue weighted by atomic mass is 9.93. The van der Waals surface area contributed by atoms with Crippen LogP contribution in [-0.2, 0) is 9.63 Å². The van der Waals surface area contributed by atoms with E-state index < -0.39 is 0 Å². The second kappa shape index (κ2) is 10.9. The Balaban J connectivity index is 1.20. The van der Waals surface area contributed by atoms with Crippen LogP contribution in [0.3, 0.4) is 0 Å². The van der Waals surface area contributed by atoms with Crippen LogP contribution in [0.2, 0.25) is 5.02 Å². The van der Waals surface area contributed by atoms with E-state index in [4.69, 9.17) is 16.4 Å². The van der Waals surface area contributed by atoms with Crippen molar-refractivity contribution in [1.82, 2.24) is 21.0 Å². The van der Waals surface area contributed by atoms with Gasteiger partial charge in [-0.15, -0.1) is 5.48 Å². The monoisotopic (exact) mass is 496 g/mol. The molecular formula is C25H29ClN6O3. The van der Waals surface area contributed by atoms with Gasteiger partial charge in [0.1, 0.15) is 0 Å². The van der Waals surface area contributed by atoms with Crippen molar-refractivity contribution in [2.75, 3.05) is 18.4 Å². The Morgan fingerprint density at radius 3 is 2.63 bits per heavy atom. The molecule has 184 valence electrons. The molecule has 1 aromatic heterocycles. The lowest BCUT2D eigenvalue weighted by molar-refractivity contribution is -0.121. The summed E-state index contributed by atoms with van der Waals surface area (Å²) < 4.78 is 0. The van der Waals surface area contributed by atoms with Gasteiger partial charge in [0, 0.05) is 36.3 Å². The number of aromatic amines is 1. The summed E-state index contributed by atoms with van der Waals surface area (Å²) in [7, 11) is 0. The van der Waals surface area contributed by atoms with E-state index in [1.54, 1.807) is 6.07 Å². The van der Waals surface area contributed by atoms with Crippen LogP contribution >= 0.6 is 11.6 Å². The van der Waals surface area contributed by atoms with Crippen LogP contribution < -0.4 is 21.7 Å². The number of hydrogen-bond acceptors (Lipinski definition) is 7. The zero-order valence-corrected chi connectivity index (χ0v) is 20.5. The van der Waals surface area contributed by atoms with E-state index in [2.05, 4.69) is 45.2 Å². The quantitative estimate of drug-likeness (QED) is 0.337. The molecule has 1 amide bonds. The third kappa shape index (κ3) is 6.58. The lowest BCUT2D eigenvalue weighted by Gasteiger charge is -2.26. The Hall–Kier alpha value is -3.43. The molecule has 2 aromatic carbocycles. The molecule has 0 aliphatic carbocycles. The molecule has 4 N–H and O–H groups in total. The number of fused-ring (bicyclic) bond motifs is 1. The highest BCUT2D eigenvalue weighted by Crippen LogP contribution is 2.23. The van der Waals surface area contributed by atoms with Crippen LogP contribution in [0.4, 0.5) is 5.82 Å². The van der Waals surface area contributed by atoms with E-state index in [9.17, 15) is 9.59 Å². The van der Waals surface area contributed by atoms with Crippen LogP contribution in [0.5, 0.6) is 0 Å². The number of carbonyl (C=O) groups excluding carboxylic acids is 1. The Morgan fingerprint density at radius 1 is 1.11 bits per heavy atom. The topological polar surface area (TPSA) is 120 Å². The number of hydroxylamine groups is 1.